The second-order valence-electron chi connectivity index (χ2n) is 4.59. The molecule has 1 N–H and O–H groups in total. The lowest BCUT2D eigenvalue weighted by molar-refractivity contribution is -0.0990. The first-order valence-electron chi connectivity index (χ1n) is 5.80. The zero-order chi connectivity index (χ0) is 11.0. The third-order valence-electron chi connectivity index (χ3n) is 3.47. The average molecular weight is 223 g/mol. The standard InChI is InChI=1S/C12H17NO3/c1-9-6-10(7-15-9)11-12(2-4-14-8-12)16-5-3-13-11/h6-7,11,13H,2-5,8H2,1H3. The molecule has 1 aromatic rings. The first-order valence-corrected chi connectivity index (χ1v) is 5.80. The van der Waals surface area contributed by atoms with Gasteiger partial charge in [-0.05, 0) is 13.0 Å². The zero-order valence-electron chi connectivity index (χ0n) is 9.49. The molecule has 1 spiro atoms. The van der Waals surface area contributed by atoms with Crippen molar-refractivity contribution in [2.75, 3.05) is 26.4 Å². The van der Waals surface area contributed by atoms with E-state index in [2.05, 4.69) is 11.4 Å². The van der Waals surface area contributed by atoms with Crippen LogP contribution in [0.5, 0.6) is 0 Å². The number of rotatable bonds is 1. The van der Waals surface area contributed by atoms with Gasteiger partial charge >= 0.3 is 0 Å². The van der Waals surface area contributed by atoms with Gasteiger partial charge < -0.3 is 19.2 Å². The number of nitrogens with one attached hydrogen (secondary N) is 1. The normalized spacial score (nSPS) is 34.7. The van der Waals surface area contributed by atoms with Crippen molar-refractivity contribution in [3.8, 4) is 0 Å². The van der Waals surface area contributed by atoms with Crippen LogP contribution in [0.2, 0.25) is 0 Å². The van der Waals surface area contributed by atoms with E-state index in [4.69, 9.17) is 13.9 Å². The molecule has 3 heterocycles. The van der Waals surface area contributed by atoms with Crippen LogP contribution in [0.4, 0.5) is 0 Å². The average Bonchev–Trinajstić information content (AvgIpc) is 2.90. The fourth-order valence-corrected chi connectivity index (χ4v) is 2.67. The van der Waals surface area contributed by atoms with Gasteiger partial charge in [0.25, 0.3) is 0 Å². The van der Waals surface area contributed by atoms with Crippen molar-refractivity contribution in [2.45, 2.75) is 25.0 Å². The Morgan fingerprint density at radius 3 is 3.06 bits per heavy atom. The number of aryl methyl sites for hydroxylation is 1. The zero-order valence-corrected chi connectivity index (χ0v) is 9.49. The van der Waals surface area contributed by atoms with Gasteiger partial charge in [0.15, 0.2) is 0 Å². The first kappa shape index (κ1) is 10.3. The van der Waals surface area contributed by atoms with Gasteiger partial charge in [-0.3, -0.25) is 0 Å². The molecule has 4 nitrogen and oxygen atoms in total. The van der Waals surface area contributed by atoms with Crippen LogP contribution in [0.25, 0.3) is 0 Å². The van der Waals surface area contributed by atoms with Gasteiger partial charge in [-0.1, -0.05) is 0 Å². The smallest absolute Gasteiger partial charge is 0.113 e. The van der Waals surface area contributed by atoms with Gasteiger partial charge in [0, 0.05) is 25.1 Å². The van der Waals surface area contributed by atoms with Gasteiger partial charge in [0.05, 0.1) is 25.5 Å². The van der Waals surface area contributed by atoms with Crippen LogP contribution < -0.4 is 5.32 Å². The third kappa shape index (κ3) is 1.57. The Kier molecular flexibility index (Phi) is 2.50. The van der Waals surface area contributed by atoms with Gasteiger partial charge in [0.1, 0.15) is 11.4 Å². The lowest BCUT2D eigenvalue weighted by Crippen LogP contribution is -2.52. The van der Waals surface area contributed by atoms with Gasteiger partial charge in [-0.2, -0.15) is 0 Å². The molecule has 1 aromatic heterocycles. The molecule has 2 aliphatic heterocycles. The minimum atomic E-state index is -0.186. The molecule has 2 unspecified atom stereocenters. The van der Waals surface area contributed by atoms with Crippen LogP contribution in [0, 0.1) is 6.92 Å². The number of hydrogen-bond donors (Lipinski definition) is 1. The predicted octanol–water partition coefficient (Wildman–Crippen LogP) is 1.41. The summed E-state index contributed by atoms with van der Waals surface area (Å²) in [6.07, 6.45) is 2.77. The van der Waals surface area contributed by atoms with Gasteiger partial charge in [-0.15, -0.1) is 0 Å². The van der Waals surface area contributed by atoms with Crippen molar-refractivity contribution in [1.29, 1.82) is 0 Å². The monoisotopic (exact) mass is 223 g/mol. The van der Waals surface area contributed by atoms with Crippen LogP contribution in [-0.2, 0) is 9.47 Å². The fraction of sp³-hybridized carbons (Fsp3) is 0.667. The molecule has 0 saturated carbocycles. The fourth-order valence-electron chi connectivity index (χ4n) is 2.67. The Hall–Kier alpha value is -0.840. The Morgan fingerprint density at radius 1 is 1.44 bits per heavy atom. The second kappa shape index (κ2) is 3.87. The Bertz CT molecular complexity index is 368. The lowest BCUT2D eigenvalue weighted by atomic mass is 9.87. The quantitative estimate of drug-likeness (QED) is 0.781. The molecule has 0 radical (unpaired) electrons. The summed E-state index contributed by atoms with van der Waals surface area (Å²) < 4.78 is 16.9. The van der Waals surface area contributed by atoms with E-state index < -0.39 is 0 Å². The van der Waals surface area contributed by atoms with Crippen molar-refractivity contribution < 1.29 is 13.9 Å². The van der Waals surface area contributed by atoms with E-state index in [0.29, 0.717) is 6.61 Å². The van der Waals surface area contributed by atoms with E-state index >= 15 is 0 Å². The van der Waals surface area contributed by atoms with E-state index in [-0.39, 0.29) is 11.6 Å². The van der Waals surface area contributed by atoms with Crippen LogP contribution >= 0.6 is 0 Å². The molecule has 0 bridgehead atoms. The minimum Gasteiger partial charge on any atom is -0.469 e. The summed E-state index contributed by atoms with van der Waals surface area (Å²) in [6.45, 7) is 5.07. The topological polar surface area (TPSA) is 43.6 Å². The molecule has 4 heteroatoms. The number of ether oxygens (including phenoxy) is 2. The highest BCUT2D eigenvalue weighted by molar-refractivity contribution is 5.22. The van der Waals surface area contributed by atoms with Crippen molar-refractivity contribution >= 4 is 0 Å². The van der Waals surface area contributed by atoms with Crippen molar-refractivity contribution in [2.24, 2.45) is 0 Å². The van der Waals surface area contributed by atoms with E-state index in [1.54, 1.807) is 0 Å². The van der Waals surface area contributed by atoms with Gasteiger partial charge in [-0.25, -0.2) is 0 Å². The molecular formula is C12H17NO3. The lowest BCUT2D eigenvalue weighted by Gasteiger charge is -2.40. The number of hydrogen-bond acceptors (Lipinski definition) is 4. The van der Waals surface area contributed by atoms with E-state index in [1.807, 2.05) is 13.2 Å². The SMILES string of the molecule is Cc1cc(C2NCCOC23CCOC3)co1. The first-order chi connectivity index (χ1) is 7.80. The summed E-state index contributed by atoms with van der Waals surface area (Å²) in [5, 5.41) is 3.52. The molecule has 2 atom stereocenters. The predicted molar refractivity (Wildman–Crippen MR) is 58.3 cm³/mol. The largest absolute Gasteiger partial charge is 0.469 e. The Morgan fingerprint density at radius 2 is 2.38 bits per heavy atom. The molecule has 16 heavy (non-hydrogen) atoms. The van der Waals surface area contributed by atoms with Crippen molar-refractivity contribution in [3.63, 3.8) is 0 Å². The van der Waals surface area contributed by atoms with E-state index in [9.17, 15) is 0 Å². The minimum absolute atomic E-state index is 0.186. The summed E-state index contributed by atoms with van der Waals surface area (Å²) in [6, 6.07) is 2.27. The van der Waals surface area contributed by atoms with Gasteiger partial charge in [0.2, 0.25) is 0 Å². The van der Waals surface area contributed by atoms with Crippen LogP contribution in [0.1, 0.15) is 23.8 Å². The van der Waals surface area contributed by atoms with Crippen molar-refractivity contribution in [1.82, 2.24) is 5.32 Å². The molecule has 0 aromatic carbocycles. The Balaban J connectivity index is 1.91. The van der Waals surface area contributed by atoms with E-state index in [1.165, 1.54) is 5.56 Å². The maximum Gasteiger partial charge on any atom is 0.113 e. The summed E-state index contributed by atoms with van der Waals surface area (Å²) in [4.78, 5) is 0. The molecule has 0 aliphatic carbocycles. The van der Waals surface area contributed by atoms with E-state index in [0.717, 1.165) is 31.9 Å². The van der Waals surface area contributed by atoms with Crippen LogP contribution in [0.15, 0.2) is 16.7 Å². The summed E-state index contributed by atoms with van der Waals surface area (Å²) in [5.41, 5.74) is 0.983. The number of morpholine rings is 1. The summed E-state index contributed by atoms with van der Waals surface area (Å²) in [7, 11) is 0. The van der Waals surface area contributed by atoms with Crippen molar-refractivity contribution in [3.05, 3.63) is 23.7 Å². The van der Waals surface area contributed by atoms with Crippen LogP contribution in [0.3, 0.4) is 0 Å². The molecular weight excluding hydrogens is 206 g/mol. The highest BCUT2D eigenvalue weighted by Crippen LogP contribution is 2.38. The maximum atomic E-state index is 5.97. The summed E-state index contributed by atoms with van der Waals surface area (Å²) >= 11 is 0. The number of furan rings is 1. The maximum absolute atomic E-state index is 5.97. The summed E-state index contributed by atoms with van der Waals surface area (Å²) in [5.74, 6) is 0.941. The molecule has 2 saturated heterocycles. The second-order valence-corrected chi connectivity index (χ2v) is 4.59. The molecule has 0 amide bonds. The molecule has 2 aliphatic rings. The van der Waals surface area contributed by atoms with Crippen LogP contribution in [-0.4, -0.2) is 32.0 Å². The Labute approximate surface area is 94.9 Å². The molecule has 88 valence electrons. The highest BCUT2D eigenvalue weighted by Gasteiger charge is 2.46. The highest BCUT2D eigenvalue weighted by atomic mass is 16.6. The molecule has 2 fully saturated rings. The molecule has 3 rings (SSSR count). The third-order valence-corrected chi connectivity index (χ3v) is 3.47.